The zero-order valence-corrected chi connectivity index (χ0v) is 11.0. The number of hydrogen-bond donors (Lipinski definition) is 2. The van der Waals surface area contributed by atoms with Crippen LogP contribution in [0.15, 0.2) is 18.2 Å². The number of carbonyl (C=O) groups excluding carboxylic acids is 1. The standard InChI is InChI=1S/C13H21N3O2/c1-10(2)9-18-8-4-7-15-13(17)11-5-3-6-12(14)16-11/h3,5-6,10H,4,7-9H2,1-2H3,(H2,14,16)(H,15,17). The molecule has 1 aromatic rings. The van der Waals surface area contributed by atoms with Gasteiger partial charge in [-0.05, 0) is 24.5 Å². The summed E-state index contributed by atoms with van der Waals surface area (Å²) in [6, 6.07) is 5.00. The quantitative estimate of drug-likeness (QED) is 0.719. The van der Waals surface area contributed by atoms with Crippen LogP contribution in [0.1, 0.15) is 30.8 Å². The molecule has 0 atom stereocenters. The largest absolute Gasteiger partial charge is 0.384 e. The van der Waals surface area contributed by atoms with Crippen molar-refractivity contribution in [2.45, 2.75) is 20.3 Å². The molecule has 0 radical (unpaired) electrons. The number of carbonyl (C=O) groups is 1. The molecule has 5 heteroatoms. The highest BCUT2D eigenvalue weighted by Gasteiger charge is 2.05. The molecule has 0 aliphatic carbocycles. The van der Waals surface area contributed by atoms with E-state index in [0.29, 0.717) is 30.6 Å². The van der Waals surface area contributed by atoms with E-state index in [1.165, 1.54) is 0 Å². The Labute approximate surface area is 108 Å². The average molecular weight is 251 g/mol. The maximum absolute atomic E-state index is 11.7. The molecule has 3 N–H and O–H groups in total. The van der Waals surface area contributed by atoms with Crippen molar-refractivity contribution >= 4 is 11.7 Å². The normalized spacial score (nSPS) is 10.6. The van der Waals surface area contributed by atoms with Gasteiger partial charge >= 0.3 is 0 Å². The molecule has 0 spiro atoms. The Hall–Kier alpha value is -1.62. The predicted octanol–water partition coefficient (Wildman–Crippen LogP) is 1.46. The third-order valence-corrected chi connectivity index (χ3v) is 2.21. The van der Waals surface area contributed by atoms with Gasteiger partial charge < -0.3 is 15.8 Å². The Morgan fingerprint density at radius 2 is 2.28 bits per heavy atom. The number of pyridine rings is 1. The van der Waals surface area contributed by atoms with Crippen LogP contribution in [0, 0.1) is 5.92 Å². The lowest BCUT2D eigenvalue weighted by molar-refractivity contribution is 0.0920. The van der Waals surface area contributed by atoms with Crippen LogP contribution in [0.4, 0.5) is 5.82 Å². The number of nitrogens with two attached hydrogens (primary N) is 1. The fourth-order valence-electron chi connectivity index (χ4n) is 1.36. The lowest BCUT2D eigenvalue weighted by Crippen LogP contribution is -2.26. The van der Waals surface area contributed by atoms with Crippen LogP contribution in [0.5, 0.6) is 0 Å². The van der Waals surface area contributed by atoms with Crippen LogP contribution in [0.3, 0.4) is 0 Å². The van der Waals surface area contributed by atoms with E-state index >= 15 is 0 Å². The molecule has 0 aliphatic heterocycles. The van der Waals surface area contributed by atoms with E-state index in [2.05, 4.69) is 24.1 Å². The molecule has 0 saturated heterocycles. The maximum atomic E-state index is 11.7. The van der Waals surface area contributed by atoms with E-state index in [1.54, 1.807) is 18.2 Å². The lowest BCUT2D eigenvalue weighted by Gasteiger charge is -2.07. The molecule has 1 heterocycles. The van der Waals surface area contributed by atoms with E-state index in [4.69, 9.17) is 10.5 Å². The number of ether oxygens (including phenoxy) is 1. The number of nitrogens with one attached hydrogen (secondary N) is 1. The Balaban J connectivity index is 2.18. The average Bonchev–Trinajstić information content (AvgIpc) is 2.33. The molecule has 100 valence electrons. The van der Waals surface area contributed by atoms with E-state index in [9.17, 15) is 4.79 Å². The highest BCUT2D eigenvalue weighted by Crippen LogP contribution is 2.00. The molecule has 0 aromatic carbocycles. The van der Waals surface area contributed by atoms with Gasteiger partial charge in [0, 0.05) is 19.8 Å². The molecule has 0 bridgehead atoms. The van der Waals surface area contributed by atoms with Crippen LogP contribution in [-0.4, -0.2) is 30.6 Å². The van der Waals surface area contributed by atoms with Gasteiger partial charge in [0.25, 0.3) is 5.91 Å². The van der Waals surface area contributed by atoms with E-state index < -0.39 is 0 Å². The molecule has 0 saturated carbocycles. The number of aromatic nitrogens is 1. The molecule has 0 aliphatic rings. The molecule has 1 amide bonds. The van der Waals surface area contributed by atoms with Crippen molar-refractivity contribution in [1.29, 1.82) is 0 Å². The summed E-state index contributed by atoms with van der Waals surface area (Å²) in [5, 5.41) is 2.78. The molecular formula is C13H21N3O2. The van der Waals surface area contributed by atoms with Gasteiger partial charge in [-0.1, -0.05) is 19.9 Å². The Morgan fingerprint density at radius 1 is 1.50 bits per heavy atom. The van der Waals surface area contributed by atoms with Crippen molar-refractivity contribution in [1.82, 2.24) is 10.3 Å². The molecule has 0 fully saturated rings. The van der Waals surface area contributed by atoms with Crippen LogP contribution in [-0.2, 0) is 4.74 Å². The predicted molar refractivity (Wildman–Crippen MR) is 71.3 cm³/mol. The molecular weight excluding hydrogens is 230 g/mol. The van der Waals surface area contributed by atoms with E-state index in [0.717, 1.165) is 13.0 Å². The summed E-state index contributed by atoms with van der Waals surface area (Å²) >= 11 is 0. The Kier molecular flexibility index (Phi) is 6.14. The summed E-state index contributed by atoms with van der Waals surface area (Å²) in [6.07, 6.45) is 0.792. The molecule has 1 aromatic heterocycles. The van der Waals surface area contributed by atoms with E-state index in [1.807, 2.05) is 0 Å². The summed E-state index contributed by atoms with van der Waals surface area (Å²) in [4.78, 5) is 15.6. The topological polar surface area (TPSA) is 77.2 Å². The van der Waals surface area contributed by atoms with Crippen molar-refractivity contribution in [3.8, 4) is 0 Å². The fourth-order valence-corrected chi connectivity index (χ4v) is 1.36. The van der Waals surface area contributed by atoms with Crippen LogP contribution in [0.25, 0.3) is 0 Å². The molecule has 18 heavy (non-hydrogen) atoms. The molecule has 5 nitrogen and oxygen atoms in total. The van der Waals surface area contributed by atoms with Crippen LogP contribution < -0.4 is 11.1 Å². The van der Waals surface area contributed by atoms with Crippen molar-refractivity contribution in [2.75, 3.05) is 25.5 Å². The van der Waals surface area contributed by atoms with Gasteiger partial charge in [-0.25, -0.2) is 4.98 Å². The summed E-state index contributed by atoms with van der Waals surface area (Å²) in [6.45, 7) is 6.20. The third kappa shape index (κ3) is 5.63. The minimum atomic E-state index is -0.203. The lowest BCUT2D eigenvalue weighted by atomic mass is 10.2. The first-order chi connectivity index (χ1) is 8.59. The van der Waals surface area contributed by atoms with Crippen molar-refractivity contribution in [2.24, 2.45) is 5.92 Å². The van der Waals surface area contributed by atoms with Crippen molar-refractivity contribution in [3.63, 3.8) is 0 Å². The maximum Gasteiger partial charge on any atom is 0.269 e. The summed E-state index contributed by atoms with van der Waals surface area (Å²) < 4.78 is 5.41. The second-order valence-electron chi connectivity index (χ2n) is 4.53. The van der Waals surface area contributed by atoms with Gasteiger partial charge in [0.1, 0.15) is 11.5 Å². The monoisotopic (exact) mass is 251 g/mol. The minimum absolute atomic E-state index is 0.203. The SMILES string of the molecule is CC(C)COCCCNC(=O)c1cccc(N)n1. The van der Waals surface area contributed by atoms with Gasteiger partial charge in [-0.15, -0.1) is 0 Å². The highest BCUT2D eigenvalue weighted by atomic mass is 16.5. The Morgan fingerprint density at radius 3 is 2.94 bits per heavy atom. The first-order valence-corrected chi connectivity index (χ1v) is 6.18. The zero-order chi connectivity index (χ0) is 13.4. The number of amides is 1. The Bertz CT molecular complexity index is 380. The summed E-state index contributed by atoms with van der Waals surface area (Å²) in [7, 11) is 0. The van der Waals surface area contributed by atoms with E-state index in [-0.39, 0.29) is 5.91 Å². The van der Waals surface area contributed by atoms with Crippen LogP contribution in [0.2, 0.25) is 0 Å². The molecule has 1 rings (SSSR count). The first kappa shape index (κ1) is 14.4. The number of anilines is 1. The summed E-state index contributed by atoms with van der Waals surface area (Å²) in [5.41, 5.74) is 5.85. The van der Waals surface area contributed by atoms with Crippen LogP contribution >= 0.6 is 0 Å². The fraction of sp³-hybridized carbons (Fsp3) is 0.538. The summed E-state index contributed by atoms with van der Waals surface area (Å²) in [5.74, 6) is 0.685. The highest BCUT2D eigenvalue weighted by molar-refractivity contribution is 5.92. The first-order valence-electron chi connectivity index (χ1n) is 6.18. The van der Waals surface area contributed by atoms with Crippen molar-refractivity contribution < 1.29 is 9.53 Å². The smallest absolute Gasteiger partial charge is 0.269 e. The van der Waals surface area contributed by atoms with Gasteiger partial charge in [-0.2, -0.15) is 0 Å². The number of nitrogen functional groups attached to an aromatic ring is 1. The number of rotatable bonds is 7. The van der Waals surface area contributed by atoms with Gasteiger partial charge in [0.05, 0.1) is 0 Å². The second-order valence-corrected chi connectivity index (χ2v) is 4.53. The third-order valence-electron chi connectivity index (χ3n) is 2.21. The number of nitrogens with zero attached hydrogens (tertiary/aromatic N) is 1. The van der Waals surface area contributed by atoms with Gasteiger partial charge in [0.2, 0.25) is 0 Å². The zero-order valence-electron chi connectivity index (χ0n) is 11.0. The minimum Gasteiger partial charge on any atom is -0.384 e. The van der Waals surface area contributed by atoms with Crippen molar-refractivity contribution in [3.05, 3.63) is 23.9 Å². The second kappa shape index (κ2) is 7.66. The number of hydrogen-bond acceptors (Lipinski definition) is 4. The molecule has 0 unspecified atom stereocenters. The van der Waals surface area contributed by atoms with Gasteiger partial charge in [0.15, 0.2) is 0 Å². The van der Waals surface area contributed by atoms with Gasteiger partial charge in [-0.3, -0.25) is 4.79 Å².